The molecule has 5 heteroatoms. The summed E-state index contributed by atoms with van der Waals surface area (Å²) in [6, 6.07) is 25.3. The van der Waals surface area contributed by atoms with Crippen molar-refractivity contribution in [1.29, 1.82) is 0 Å². The summed E-state index contributed by atoms with van der Waals surface area (Å²) in [7, 11) is 0.876. The number of ether oxygens (including phenoxy) is 2. The van der Waals surface area contributed by atoms with Crippen LogP contribution in [0.2, 0.25) is 19.6 Å². The number of hydrogen-bond acceptors (Lipinski definition) is 4. The van der Waals surface area contributed by atoms with E-state index < -0.39 is 25.1 Å². The molecule has 0 amide bonds. The summed E-state index contributed by atoms with van der Waals surface area (Å²) < 4.78 is 19.5. The van der Waals surface area contributed by atoms with Crippen LogP contribution in [-0.4, -0.2) is 33.9 Å². The van der Waals surface area contributed by atoms with Crippen LogP contribution in [0, 0.1) is 11.8 Å². The van der Waals surface area contributed by atoms with Crippen molar-refractivity contribution in [3.63, 3.8) is 0 Å². The fourth-order valence-electron chi connectivity index (χ4n) is 5.62. The highest BCUT2D eigenvalue weighted by molar-refractivity contribution is 6.70. The van der Waals surface area contributed by atoms with Gasteiger partial charge in [-0.3, -0.25) is 4.79 Å². The minimum Gasteiger partial charge on any atom is -0.393 e. The molecule has 2 bridgehead atoms. The predicted octanol–water partition coefficient (Wildman–Crippen LogP) is 5.00. The molecule has 0 aromatic heterocycles. The second kappa shape index (κ2) is 7.76. The monoisotopic (exact) mass is 468 g/mol. The Balaban J connectivity index is 1.96. The van der Waals surface area contributed by atoms with Gasteiger partial charge >= 0.3 is 0 Å². The van der Waals surface area contributed by atoms with Crippen molar-refractivity contribution in [2.75, 3.05) is 14.2 Å². The lowest BCUT2D eigenvalue weighted by atomic mass is 9.51. The number of carbonyl (C=O) groups excluding carboxylic acids is 1. The number of hydrogen-bond donors (Lipinski definition) is 0. The average molecular weight is 469 g/mol. The molecule has 172 valence electrons. The van der Waals surface area contributed by atoms with Crippen molar-refractivity contribution in [2.24, 2.45) is 0 Å². The third-order valence-corrected chi connectivity index (χ3v) is 7.65. The van der Waals surface area contributed by atoms with Crippen LogP contribution in [-0.2, 0) is 29.9 Å². The lowest BCUT2D eigenvalue weighted by Crippen LogP contribution is -2.74. The highest BCUT2D eigenvalue weighted by Crippen LogP contribution is 2.63. The van der Waals surface area contributed by atoms with E-state index in [4.69, 9.17) is 13.9 Å². The summed E-state index contributed by atoms with van der Waals surface area (Å²) in [5, 5.41) is 0. The Kier molecular flexibility index (Phi) is 5.19. The molecule has 1 atom stereocenters. The highest BCUT2D eigenvalue weighted by Gasteiger charge is 2.75. The zero-order valence-corrected chi connectivity index (χ0v) is 21.1. The molecule has 34 heavy (non-hydrogen) atoms. The summed E-state index contributed by atoms with van der Waals surface area (Å²) >= 11 is 0. The van der Waals surface area contributed by atoms with Crippen LogP contribution in [0.15, 0.2) is 78.9 Å². The number of rotatable bonds is 4. The van der Waals surface area contributed by atoms with Gasteiger partial charge in [0.05, 0.1) is 0 Å². The van der Waals surface area contributed by atoms with Crippen LogP contribution in [0.1, 0.15) is 27.8 Å². The Morgan fingerprint density at radius 1 is 0.706 bits per heavy atom. The van der Waals surface area contributed by atoms with E-state index in [0.717, 1.165) is 27.8 Å². The van der Waals surface area contributed by atoms with E-state index >= 15 is 0 Å². The lowest BCUT2D eigenvalue weighted by molar-refractivity contribution is -0.187. The van der Waals surface area contributed by atoms with Crippen LogP contribution >= 0.6 is 0 Å². The SMILES string of the molecule is COC12C(=O)C(C#Cc3ccccc3)(O[Si](C)(C)C)C(OC)(c3ccccc31)c1ccccc12. The summed E-state index contributed by atoms with van der Waals surface area (Å²) in [5.41, 5.74) is -0.149. The molecular weight excluding hydrogens is 440 g/mol. The van der Waals surface area contributed by atoms with Gasteiger partial charge in [0.2, 0.25) is 11.4 Å². The third-order valence-electron chi connectivity index (χ3n) is 6.73. The Morgan fingerprint density at radius 3 is 1.68 bits per heavy atom. The standard InChI is InChI=1S/C29H28O4Si/c1-31-28-22-15-9-11-17-24(22)29(32-2,25-18-12-10-16-23(25)28)27(26(28)30,33-34(3,4)5)20-19-21-13-7-6-8-14-21/h6-18H,1-5H3. The largest absolute Gasteiger partial charge is 0.393 e. The number of benzene rings is 3. The van der Waals surface area contributed by atoms with Crippen LogP contribution < -0.4 is 0 Å². The van der Waals surface area contributed by atoms with Crippen LogP contribution in [0.3, 0.4) is 0 Å². The topological polar surface area (TPSA) is 44.8 Å². The third kappa shape index (κ3) is 2.80. The molecule has 3 aromatic carbocycles. The second-order valence-corrected chi connectivity index (χ2v) is 14.1. The molecule has 6 rings (SSSR count). The zero-order chi connectivity index (χ0) is 24.2. The fourth-order valence-corrected chi connectivity index (χ4v) is 6.83. The first-order chi connectivity index (χ1) is 16.3. The van der Waals surface area contributed by atoms with Gasteiger partial charge in [0.1, 0.15) is 0 Å². The maximum absolute atomic E-state index is 14.8. The predicted molar refractivity (Wildman–Crippen MR) is 134 cm³/mol. The van der Waals surface area contributed by atoms with Gasteiger partial charge in [-0.2, -0.15) is 0 Å². The van der Waals surface area contributed by atoms with Gasteiger partial charge in [-0.1, -0.05) is 78.6 Å². The molecule has 3 aliphatic rings. The summed E-state index contributed by atoms with van der Waals surface area (Å²) in [6.07, 6.45) is 0. The summed E-state index contributed by atoms with van der Waals surface area (Å²) in [4.78, 5) is 14.8. The first-order valence-corrected chi connectivity index (χ1v) is 14.8. The van der Waals surface area contributed by atoms with Gasteiger partial charge in [0.25, 0.3) is 0 Å². The number of fused-ring (bicyclic) bond motifs is 1. The van der Waals surface area contributed by atoms with Crippen molar-refractivity contribution in [1.82, 2.24) is 0 Å². The van der Waals surface area contributed by atoms with Gasteiger partial charge in [0.15, 0.2) is 19.5 Å². The Morgan fingerprint density at radius 2 is 1.21 bits per heavy atom. The van der Waals surface area contributed by atoms with Crippen LogP contribution in [0.4, 0.5) is 0 Å². The minimum atomic E-state index is -2.34. The molecule has 4 nitrogen and oxygen atoms in total. The maximum atomic E-state index is 14.8. The zero-order valence-electron chi connectivity index (χ0n) is 20.1. The van der Waals surface area contributed by atoms with Crippen LogP contribution in [0.25, 0.3) is 0 Å². The van der Waals surface area contributed by atoms with E-state index in [9.17, 15) is 4.79 Å². The molecule has 0 radical (unpaired) electrons. The molecule has 0 saturated heterocycles. The Bertz CT molecular complexity index is 1280. The van der Waals surface area contributed by atoms with E-state index in [2.05, 4.69) is 31.5 Å². The smallest absolute Gasteiger partial charge is 0.220 e. The summed E-state index contributed by atoms with van der Waals surface area (Å²) in [5.74, 6) is 6.33. The first kappa shape index (κ1) is 22.8. The Hall–Kier alpha value is -3.01. The number of Topliss-reactive ketones (excluding diaryl/α,β-unsaturated/α-hetero) is 1. The minimum absolute atomic E-state index is 0.243. The van der Waals surface area contributed by atoms with Crippen LogP contribution in [0.5, 0.6) is 0 Å². The number of ketones is 1. The maximum Gasteiger partial charge on any atom is 0.220 e. The number of methoxy groups -OCH3 is 2. The van der Waals surface area contributed by atoms with Gasteiger partial charge in [-0.05, 0) is 42.9 Å². The van der Waals surface area contributed by atoms with Gasteiger partial charge < -0.3 is 13.9 Å². The first-order valence-electron chi connectivity index (χ1n) is 11.4. The molecular formula is C29H28O4Si. The molecule has 0 aliphatic heterocycles. The van der Waals surface area contributed by atoms with Gasteiger partial charge in [-0.25, -0.2) is 0 Å². The molecule has 0 spiro atoms. The van der Waals surface area contributed by atoms with Crippen molar-refractivity contribution < 1.29 is 18.7 Å². The quantitative estimate of drug-likeness (QED) is 0.399. The molecule has 0 N–H and O–H groups in total. The van der Waals surface area contributed by atoms with E-state index in [1.807, 2.05) is 78.9 Å². The molecule has 3 aromatic rings. The lowest BCUT2D eigenvalue weighted by Gasteiger charge is -2.60. The second-order valence-electron chi connectivity index (χ2n) is 9.70. The molecule has 0 saturated carbocycles. The van der Waals surface area contributed by atoms with Gasteiger partial charge in [0, 0.05) is 30.9 Å². The van der Waals surface area contributed by atoms with Crippen molar-refractivity contribution in [2.45, 2.75) is 36.4 Å². The normalized spacial score (nSPS) is 26.9. The van der Waals surface area contributed by atoms with Crippen molar-refractivity contribution in [3.05, 3.63) is 107 Å². The molecule has 0 heterocycles. The van der Waals surface area contributed by atoms with E-state index in [1.165, 1.54) is 0 Å². The molecule has 0 fully saturated rings. The Labute approximate surface area is 202 Å². The fraction of sp³-hybridized carbons (Fsp3) is 0.276. The van der Waals surface area contributed by atoms with Crippen molar-refractivity contribution in [3.8, 4) is 11.8 Å². The van der Waals surface area contributed by atoms with E-state index in [1.54, 1.807) is 14.2 Å². The van der Waals surface area contributed by atoms with Crippen molar-refractivity contribution >= 4 is 14.1 Å². The highest BCUT2D eigenvalue weighted by atomic mass is 28.4. The van der Waals surface area contributed by atoms with E-state index in [-0.39, 0.29) is 5.78 Å². The summed E-state index contributed by atoms with van der Waals surface area (Å²) in [6.45, 7) is 6.19. The number of carbonyl (C=O) groups is 1. The average Bonchev–Trinajstić information content (AvgIpc) is 2.84. The van der Waals surface area contributed by atoms with Gasteiger partial charge in [-0.15, -0.1) is 0 Å². The molecule has 1 unspecified atom stereocenters. The van der Waals surface area contributed by atoms with E-state index in [0.29, 0.717) is 0 Å². The molecule has 3 aliphatic carbocycles.